The standard InChI is InChI=1S/C19H20F3N3O2S/c20-15-6-17(22)16(21)5-14(15)11-1-3-13(4-2-11)25-8-12-7-23-19(10-28(26)27)24-18(12)9-25/h5-7,11,13H,1-4,8-10H2,(H,26,27)/p-1. The molecule has 1 aliphatic carbocycles. The summed E-state index contributed by atoms with van der Waals surface area (Å²) >= 11 is -2.22. The SMILES string of the molecule is O=S([O-])Cc1ncc2c(n1)CN(C1CCC(c3cc(F)c(F)cc3F)CC1)C2. The molecule has 1 aromatic carbocycles. The molecule has 1 unspecified atom stereocenters. The van der Waals surface area contributed by atoms with E-state index in [-0.39, 0.29) is 23.3 Å². The highest BCUT2D eigenvalue weighted by Crippen LogP contribution is 2.38. The van der Waals surface area contributed by atoms with Crippen molar-refractivity contribution in [3.63, 3.8) is 0 Å². The van der Waals surface area contributed by atoms with Crippen molar-refractivity contribution in [3.05, 3.63) is 58.4 Å². The zero-order valence-corrected chi connectivity index (χ0v) is 15.9. The second-order valence-electron chi connectivity index (χ2n) is 7.40. The average Bonchev–Trinajstić information content (AvgIpc) is 3.08. The summed E-state index contributed by atoms with van der Waals surface area (Å²) in [5.41, 5.74) is 2.10. The third-order valence-corrected chi connectivity index (χ3v) is 6.16. The Hall–Kier alpha value is -1.84. The van der Waals surface area contributed by atoms with E-state index in [2.05, 4.69) is 14.9 Å². The number of halogens is 3. The monoisotopic (exact) mass is 410 g/mol. The van der Waals surface area contributed by atoms with E-state index in [1.54, 1.807) is 6.20 Å². The lowest BCUT2D eigenvalue weighted by Gasteiger charge is -2.34. The summed E-state index contributed by atoms with van der Waals surface area (Å²) in [5, 5.41) is 0. The predicted octanol–water partition coefficient (Wildman–Crippen LogP) is 3.32. The summed E-state index contributed by atoms with van der Waals surface area (Å²) in [4.78, 5) is 10.7. The predicted molar refractivity (Wildman–Crippen MR) is 95.2 cm³/mol. The first-order valence-electron chi connectivity index (χ1n) is 9.18. The van der Waals surface area contributed by atoms with Crippen molar-refractivity contribution in [3.8, 4) is 0 Å². The molecule has 9 heteroatoms. The van der Waals surface area contributed by atoms with Crippen molar-refractivity contribution in [2.24, 2.45) is 0 Å². The molecule has 1 saturated carbocycles. The second-order valence-corrected chi connectivity index (χ2v) is 8.30. The van der Waals surface area contributed by atoms with Gasteiger partial charge in [-0.25, -0.2) is 23.1 Å². The molecule has 2 heterocycles. The van der Waals surface area contributed by atoms with Gasteiger partial charge in [0.25, 0.3) is 0 Å². The Balaban J connectivity index is 1.39. The van der Waals surface area contributed by atoms with Crippen LogP contribution in [0.4, 0.5) is 13.2 Å². The van der Waals surface area contributed by atoms with Crippen LogP contribution < -0.4 is 0 Å². The number of fused-ring (bicyclic) bond motifs is 1. The molecule has 0 spiro atoms. The lowest BCUT2D eigenvalue weighted by Crippen LogP contribution is -2.34. The van der Waals surface area contributed by atoms with Crippen LogP contribution in [0.2, 0.25) is 0 Å². The molecule has 0 N–H and O–H groups in total. The zero-order chi connectivity index (χ0) is 19.8. The van der Waals surface area contributed by atoms with Crippen LogP contribution in [0, 0.1) is 17.5 Å². The van der Waals surface area contributed by atoms with E-state index in [9.17, 15) is 21.9 Å². The summed E-state index contributed by atoms with van der Waals surface area (Å²) in [5.74, 6) is -2.87. The fraction of sp³-hybridized carbons (Fsp3) is 0.474. The maximum atomic E-state index is 14.0. The maximum Gasteiger partial charge on any atom is 0.161 e. The number of hydrogen-bond acceptors (Lipinski definition) is 5. The van der Waals surface area contributed by atoms with Gasteiger partial charge < -0.3 is 4.55 Å². The number of nitrogens with zero attached hydrogens (tertiary/aromatic N) is 3. The second kappa shape index (κ2) is 7.88. The zero-order valence-electron chi connectivity index (χ0n) is 15.0. The van der Waals surface area contributed by atoms with Gasteiger partial charge in [0.2, 0.25) is 0 Å². The van der Waals surface area contributed by atoms with E-state index in [1.165, 1.54) is 0 Å². The Morgan fingerprint density at radius 2 is 1.79 bits per heavy atom. The molecule has 150 valence electrons. The van der Waals surface area contributed by atoms with E-state index in [0.717, 1.165) is 30.2 Å². The highest BCUT2D eigenvalue weighted by atomic mass is 32.2. The quantitative estimate of drug-likeness (QED) is 0.571. The first-order chi connectivity index (χ1) is 13.4. The van der Waals surface area contributed by atoms with Gasteiger partial charge in [0.15, 0.2) is 11.6 Å². The summed E-state index contributed by atoms with van der Waals surface area (Å²) < 4.78 is 62.4. The van der Waals surface area contributed by atoms with Crippen LogP contribution in [-0.2, 0) is 29.9 Å². The van der Waals surface area contributed by atoms with Crippen molar-refractivity contribution >= 4 is 11.1 Å². The fourth-order valence-electron chi connectivity index (χ4n) is 4.26. The lowest BCUT2D eigenvalue weighted by atomic mass is 9.81. The van der Waals surface area contributed by atoms with Crippen molar-refractivity contribution in [1.29, 1.82) is 0 Å². The number of hydrogen-bond donors (Lipinski definition) is 0. The van der Waals surface area contributed by atoms with Gasteiger partial charge in [-0.05, 0) is 54.3 Å². The molecular weight excluding hydrogens is 391 g/mol. The smallest absolute Gasteiger partial charge is 0.161 e. The Labute approximate surface area is 163 Å². The van der Waals surface area contributed by atoms with E-state index in [0.29, 0.717) is 37.8 Å². The van der Waals surface area contributed by atoms with Gasteiger partial charge in [0.05, 0.1) is 11.4 Å². The Kier molecular flexibility index (Phi) is 5.48. The minimum absolute atomic E-state index is 0.116. The molecule has 28 heavy (non-hydrogen) atoms. The van der Waals surface area contributed by atoms with E-state index in [4.69, 9.17) is 0 Å². The molecule has 0 bridgehead atoms. The topological polar surface area (TPSA) is 69.1 Å². The lowest BCUT2D eigenvalue weighted by molar-refractivity contribution is 0.147. The van der Waals surface area contributed by atoms with Crippen LogP contribution in [0.25, 0.3) is 0 Å². The van der Waals surface area contributed by atoms with Gasteiger partial charge in [-0.15, -0.1) is 0 Å². The minimum Gasteiger partial charge on any atom is -0.772 e. The fourth-order valence-corrected chi connectivity index (χ4v) is 4.61. The summed E-state index contributed by atoms with van der Waals surface area (Å²) in [6, 6.07) is 1.90. The van der Waals surface area contributed by atoms with Gasteiger partial charge in [-0.3, -0.25) is 9.11 Å². The van der Waals surface area contributed by atoms with Crippen LogP contribution in [0.3, 0.4) is 0 Å². The van der Waals surface area contributed by atoms with Gasteiger partial charge in [-0.2, -0.15) is 0 Å². The van der Waals surface area contributed by atoms with Gasteiger partial charge in [0.1, 0.15) is 11.6 Å². The largest absolute Gasteiger partial charge is 0.772 e. The number of aromatic nitrogens is 2. The van der Waals surface area contributed by atoms with Crippen LogP contribution >= 0.6 is 0 Å². The third-order valence-electron chi connectivity index (χ3n) is 5.67. The summed E-state index contributed by atoms with van der Waals surface area (Å²) in [6.07, 6.45) is 4.73. The first kappa shape index (κ1) is 19.5. The molecule has 1 atom stereocenters. The molecule has 5 nitrogen and oxygen atoms in total. The molecule has 1 aliphatic heterocycles. The van der Waals surface area contributed by atoms with E-state index < -0.39 is 28.5 Å². The van der Waals surface area contributed by atoms with Crippen molar-refractivity contribution in [2.75, 3.05) is 0 Å². The Morgan fingerprint density at radius 3 is 2.50 bits per heavy atom. The van der Waals surface area contributed by atoms with Gasteiger partial charge >= 0.3 is 0 Å². The molecular formula is C19H19F3N3O2S-. The molecule has 1 aromatic heterocycles. The molecule has 0 radical (unpaired) electrons. The van der Waals surface area contributed by atoms with Crippen molar-refractivity contribution < 1.29 is 21.9 Å². The van der Waals surface area contributed by atoms with Gasteiger partial charge in [0, 0.05) is 37.0 Å². The normalized spacial score (nSPS) is 23.6. The van der Waals surface area contributed by atoms with E-state index in [1.807, 2.05) is 0 Å². The van der Waals surface area contributed by atoms with Crippen molar-refractivity contribution in [2.45, 2.75) is 56.5 Å². The first-order valence-corrected chi connectivity index (χ1v) is 10.4. The number of benzene rings is 1. The highest BCUT2D eigenvalue weighted by Gasteiger charge is 2.32. The van der Waals surface area contributed by atoms with Crippen LogP contribution in [0.15, 0.2) is 18.3 Å². The molecule has 1 fully saturated rings. The maximum absolute atomic E-state index is 14.0. The molecule has 2 aliphatic rings. The molecule has 0 amide bonds. The minimum atomic E-state index is -2.22. The average molecular weight is 410 g/mol. The highest BCUT2D eigenvalue weighted by molar-refractivity contribution is 7.78. The van der Waals surface area contributed by atoms with Crippen LogP contribution in [-0.4, -0.2) is 29.7 Å². The third kappa shape index (κ3) is 3.97. The Bertz CT molecular complexity index is 920. The van der Waals surface area contributed by atoms with Gasteiger partial charge in [-0.1, -0.05) is 0 Å². The van der Waals surface area contributed by atoms with E-state index >= 15 is 0 Å². The Morgan fingerprint density at radius 1 is 1.07 bits per heavy atom. The molecule has 2 aromatic rings. The molecule has 4 rings (SSSR count). The summed E-state index contributed by atoms with van der Waals surface area (Å²) in [6.45, 7) is 1.33. The molecule has 0 saturated heterocycles. The number of rotatable bonds is 4. The summed E-state index contributed by atoms with van der Waals surface area (Å²) in [7, 11) is 0. The van der Waals surface area contributed by atoms with Crippen LogP contribution in [0.1, 0.15) is 54.2 Å². The van der Waals surface area contributed by atoms with Crippen molar-refractivity contribution in [1.82, 2.24) is 14.9 Å². The van der Waals surface area contributed by atoms with Crippen LogP contribution in [0.5, 0.6) is 0 Å².